The number of urea groups is 1. The van der Waals surface area contributed by atoms with Crippen molar-refractivity contribution < 1.29 is 4.79 Å². The molecule has 2 amide bonds. The van der Waals surface area contributed by atoms with Crippen molar-refractivity contribution in [1.82, 2.24) is 9.80 Å². The predicted octanol–water partition coefficient (Wildman–Crippen LogP) is 4.15. The van der Waals surface area contributed by atoms with E-state index in [-0.39, 0.29) is 12.0 Å². The molecule has 0 aliphatic carbocycles. The second-order valence-electron chi connectivity index (χ2n) is 6.13. The number of aliphatic imine (C=N–C) groups is 1. The van der Waals surface area contributed by atoms with Gasteiger partial charge in [0.1, 0.15) is 0 Å². The summed E-state index contributed by atoms with van der Waals surface area (Å²) in [5, 5.41) is 1.13. The van der Waals surface area contributed by atoms with E-state index in [1.165, 1.54) is 4.90 Å². The van der Waals surface area contributed by atoms with Gasteiger partial charge in [0.15, 0.2) is 5.66 Å². The summed E-state index contributed by atoms with van der Waals surface area (Å²) in [6.07, 6.45) is 0. The highest BCUT2D eigenvalue weighted by atomic mass is 35.5. The largest absolute Gasteiger partial charge is 0.369 e. The molecule has 1 aliphatic heterocycles. The van der Waals surface area contributed by atoms with Crippen molar-refractivity contribution in [2.45, 2.75) is 12.6 Å². The minimum Gasteiger partial charge on any atom is -0.369 e. The van der Waals surface area contributed by atoms with Crippen LogP contribution in [0, 0.1) is 0 Å². The topological polar surface area (TPSA) is 61.9 Å². The molecule has 1 aliphatic rings. The molecular formula is C18H18Cl2N4O. The molecule has 1 heterocycles. The fraction of sp³-hybridized carbons (Fsp3) is 0.222. The lowest BCUT2D eigenvalue weighted by atomic mass is 9.95. The van der Waals surface area contributed by atoms with Crippen LogP contribution >= 0.6 is 23.2 Å². The zero-order valence-corrected chi connectivity index (χ0v) is 15.6. The van der Waals surface area contributed by atoms with Gasteiger partial charge >= 0.3 is 6.03 Å². The van der Waals surface area contributed by atoms with Crippen molar-refractivity contribution in [2.24, 2.45) is 10.7 Å². The third-order valence-corrected chi connectivity index (χ3v) is 4.94. The van der Waals surface area contributed by atoms with Gasteiger partial charge in [-0.25, -0.2) is 9.79 Å². The third-order valence-electron chi connectivity index (χ3n) is 4.51. The van der Waals surface area contributed by atoms with Crippen molar-refractivity contribution in [3.63, 3.8) is 0 Å². The normalized spacial score (nSPS) is 20.7. The van der Waals surface area contributed by atoms with Crippen LogP contribution in [0.15, 0.2) is 47.5 Å². The van der Waals surface area contributed by atoms with Crippen LogP contribution in [0.25, 0.3) is 11.1 Å². The number of nitrogens with two attached hydrogens (primary N) is 1. The van der Waals surface area contributed by atoms with Gasteiger partial charge < -0.3 is 5.73 Å². The Morgan fingerprint density at radius 1 is 1.04 bits per heavy atom. The summed E-state index contributed by atoms with van der Waals surface area (Å²) in [5.41, 5.74) is 7.69. The maximum Gasteiger partial charge on any atom is 0.328 e. The number of benzene rings is 2. The van der Waals surface area contributed by atoms with Gasteiger partial charge in [-0.15, -0.1) is 0 Å². The third kappa shape index (κ3) is 3.05. The van der Waals surface area contributed by atoms with Gasteiger partial charge in [-0.05, 0) is 42.3 Å². The molecule has 130 valence electrons. The van der Waals surface area contributed by atoms with Crippen LogP contribution in [-0.4, -0.2) is 35.9 Å². The molecule has 0 aromatic heterocycles. The maximum atomic E-state index is 12.4. The van der Waals surface area contributed by atoms with Gasteiger partial charge in [-0.1, -0.05) is 41.4 Å². The molecule has 2 aromatic rings. The van der Waals surface area contributed by atoms with Crippen LogP contribution in [0.5, 0.6) is 0 Å². The number of guanidine groups is 1. The van der Waals surface area contributed by atoms with E-state index in [1.807, 2.05) is 43.3 Å². The van der Waals surface area contributed by atoms with Gasteiger partial charge in [-0.3, -0.25) is 9.80 Å². The fourth-order valence-corrected chi connectivity index (χ4v) is 3.38. The second-order valence-corrected chi connectivity index (χ2v) is 7.00. The summed E-state index contributed by atoms with van der Waals surface area (Å²) >= 11 is 12.2. The summed E-state index contributed by atoms with van der Waals surface area (Å²) in [5.74, 6) is 0.182. The van der Waals surface area contributed by atoms with Crippen LogP contribution < -0.4 is 5.73 Å². The van der Waals surface area contributed by atoms with Crippen molar-refractivity contribution in [3.8, 4) is 11.1 Å². The Hall–Kier alpha value is -2.24. The van der Waals surface area contributed by atoms with E-state index in [0.717, 1.165) is 16.7 Å². The molecule has 7 heteroatoms. The van der Waals surface area contributed by atoms with Crippen LogP contribution in [0.3, 0.4) is 0 Å². The van der Waals surface area contributed by atoms with E-state index >= 15 is 0 Å². The van der Waals surface area contributed by atoms with Crippen LogP contribution in [-0.2, 0) is 5.66 Å². The number of carbonyl (C=O) groups excluding carboxylic acids is 1. The Balaban J connectivity index is 2.11. The van der Waals surface area contributed by atoms with E-state index in [0.29, 0.717) is 10.0 Å². The summed E-state index contributed by atoms with van der Waals surface area (Å²) in [4.78, 5) is 19.8. The molecule has 1 atom stereocenters. The highest BCUT2D eigenvalue weighted by molar-refractivity contribution is 6.35. The first-order valence-electron chi connectivity index (χ1n) is 7.66. The molecule has 0 saturated heterocycles. The Morgan fingerprint density at radius 2 is 1.68 bits per heavy atom. The average molecular weight is 377 g/mol. The number of hydrogen-bond donors (Lipinski definition) is 1. The molecular weight excluding hydrogens is 359 g/mol. The molecule has 0 fully saturated rings. The molecule has 2 N–H and O–H groups in total. The number of nitrogens with zero attached hydrogens (tertiary/aromatic N) is 3. The fourth-order valence-electron chi connectivity index (χ4n) is 2.85. The molecule has 0 saturated carbocycles. The molecule has 5 nitrogen and oxygen atoms in total. The Morgan fingerprint density at radius 3 is 2.32 bits per heavy atom. The summed E-state index contributed by atoms with van der Waals surface area (Å²) in [6, 6.07) is 12.9. The van der Waals surface area contributed by atoms with Gasteiger partial charge in [0, 0.05) is 29.7 Å². The van der Waals surface area contributed by atoms with E-state index in [4.69, 9.17) is 28.9 Å². The molecule has 25 heavy (non-hydrogen) atoms. The van der Waals surface area contributed by atoms with Crippen LogP contribution in [0.2, 0.25) is 10.0 Å². The van der Waals surface area contributed by atoms with Gasteiger partial charge in [0.2, 0.25) is 5.96 Å². The number of rotatable bonds is 2. The predicted molar refractivity (Wildman–Crippen MR) is 102 cm³/mol. The molecule has 3 rings (SSSR count). The lowest BCUT2D eigenvalue weighted by Crippen LogP contribution is -2.57. The van der Waals surface area contributed by atoms with Crippen molar-refractivity contribution >= 4 is 35.2 Å². The smallest absolute Gasteiger partial charge is 0.328 e. The van der Waals surface area contributed by atoms with Gasteiger partial charge in [0.05, 0.1) is 0 Å². The van der Waals surface area contributed by atoms with E-state index in [9.17, 15) is 4.79 Å². The lowest BCUT2D eigenvalue weighted by Gasteiger charge is -2.42. The monoisotopic (exact) mass is 376 g/mol. The van der Waals surface area contributed by atoms with E-state index in [1.54, 1.807) is 25.1 Å². The molecule has 0 spiro atoms. The van der Waals surface area contributed by atoms with Crippen molar-refractivity contribution in [1.29, 1.82) is 0 Å². The van der Waals surface area contributed by atoms with Crippen LogP contribution in [0.4, 0.5) is 4.79 Å². The quantitative estimate of drug-likeness (QED) is 0.855. The number of hydrogen-bond acceptors (Lipinski definition) is 3. The van der Waals surface area contributed by atoms with Gasteiger partial charge in [-0.2, -0.15) is 0 Å². The summed E-state index contributed by atoms with van der Waals surface area (Å²) in [6.45, 7) is 1.86. The van der Waals surface area contributed by atoms with Crippen LogP contribution in [0.1, 0.15) is 12.5 Å². The van der Waals surface area contributed by atoms with Gasteiger partial charge in [0.25, 0.3) is 0 Å². The first-order valence-corrected chi connectivity index (χ1v) is 8.42. The molecule has 2 aromatic carbocycles. The standard InChI is InChI=1S/C18H18Cl2N4O/c1-18(22-16(21)23(2)17(25)24(18)3)13-6-4-5-11(7-13)12-8-14(19)10-15(20)9-12/h4-10H,1-3H3,(H2,21,22). The SMILES string of the molecule is CN1C(=O)N(C)C(C)(c2cccc(-c3cc(Cl)cc(Cl)c3)c2)N=C1N. The number of amides is 2. The van der Waals surface area contributed by atoms with Crippen molar-refractivity contribution in [3.05, 3.63) is 58.1 Å². The Labute approximate surface area is 156 Å². The average Bonchev–Trinajstić information content (AvgIpc) is 2.57. The van der Waals surface area contributed by atoms with Crippen molar-refractivity contribution in [2.75, 3.05) is 14.1 Å². The second kappa shape index (κ2) is 6.24. The Bertz CT molecular complexity index is 863. The summed E-state index contributed by atoms with van der Waals surface area (Å²) < 4.78 is 0. The highest BCUT2D eigenvalue weighted by Crippen LogP contribution is 2.35. The zero-order chi connectivity index (χ0) is 18.4. The molecule has 0 radical (unpaired) electrons. The number of carbonyl (C=O) groups is 1. The first kappa shape index (κ1) is 17.6. The van der Waals surface area contributed by atoms with E-state index in [2.05, 4.69) is 4.99 Å². The molecule has 0 bridgehead atoms. The summed E-state index contributed by atoms with van der Waals surface area (Å²) in [7, 11) is 3.30. The zero-order valence-electron chi connectivity index (χ0n) is 14.1. The maximum absolute atomic E-state index is 12.4. The lowest BCUT2D eigenvalue weighted by molar-refractivity contribution is 0.123. The number of halogens is 2. The minimum absolute atomic E-state index is 0.182. The first-order chi connectivity index (χ1) is 11.7. The van der Waals surface area contributed by atoms with E-state index < -0.39 is 5.66 Å². The molecule has 1 unspecified atom stereocenters. The Kier molecular flexibility index (Phi) is 4.39. The minimum atomic E-state index is -0.897. The highest BCUT2D eigenvalue weighted by Gasteiger charge is 2.40.